The molecule has 2 N–H and O–H groups in total. The number of hydrogen-bond donors (Lipinski definition) is 1. The van der Waals surface area contributed by atoms with E-state index in [4.69, 9.17) is 10.5 Å². The molecule has 38 heavy (non-hydrogen) atoms. The average Bonchev–Trinajstić information content (AvgIpc) is 3.47. The van der Waals surface area contributed by atoms with Crippen LogP contribution in [0, 0.1) is 5.82 Å². The fourth-order valence-electron chi connectivity index (χ4n) is 5.41. The number of imidazole rings is 1. The summed E-state index contributed by atoms with van der Waals surface area (Å²) in [5.41, 5.74) is 6.13. The highest BCUT2D eigenvalue weighted by Crippen LogP contribution is 2.47. The van der Waals surface area contributed by atoms with Gasteiger partial charge in [-0.15, -0.1) is 0 Å². The first kappa shape index (κ1) is 24.5. The summed E-state index contributed by atoms with van der Waals surface area (Å²) in [4.78, 5) is 23.3. The van der Waals surface area contributed by atoms with Crippen LogP contribution in [-0.4, -0.2) is 50.1 Å². The minimum atomic E-state index is -5.76. The number of nitrogens with zero attached hydrogens (tertiary/aromatic N) is 4. The van der Waals surface area contributed by atoms with Crippen LogP contribution in [0.15, 0.2) is 42.9 Å². The van der Waals surface area contributed by atoms with Gasteiger partial charge in [-0.1, -0.05) is 12.1 Å². The molecule has 1 aliphatic carbocycles. The number of nitrogens with two attached hydrogens (primary N) is 1. The van der Waals surface area contributed by atoms with Crippen LogP contribution in [-0.2, 0) is 17.1 Å². The molecule has 7 nitrogen and oxygen atoms in total. The zero-order chi connectivity index (χ0) is 27.1. The predicted molar refractivity (Wildman–Crippen MR) is 123 cm³/mol. The van der Waals surface area contributed by atoms with Crippen LogP contribution in [0.25, 0.3) is 16.6 Å². The first-order valence-electron chi connectivity index (χ1n) is 11.6. The van der Waals surface area contributed by atoms with Crippen molar-refractivity contribution in [1.29, 1.82) is 0 Å². The third-order valence-electron chi connectivity index (χ3n) is 7.11. The van der Waals surface area contributed by atoms with Crippen LogP contribution in [0.1, 0.15) is 40.0 Å². The largest absolute Gasteiger partial charge is 0.458 e. The molecule has 0 bridgehead atoms. The Labute approximate surface area is 210 Å². The number of amides is 1. The fourth-order valence-corrected chi connectivity index (χ4v) is 5.41. The zero-order valence-corrected chi connectivity index (χ0v) is 19.6. The molecule has 0 saturated carbocycles. The highest BCUT2D eigenvalue weighted by atomic mass is 19.4. The van der Waals surface area contributed by atoms with Gasteiger partial charge in [0.15, 0.2) is 0 Å². The van der Waals surface area contributed by atoms with E-state index in [2.05, 4.69) is 9.97 Å². The molecule has 2 aliphatic rings. The molecule has 1 saturated heterocycles. The van der Waals surface area contributed by atoms with Gasteiger partial charge in [-0.3, -0.25) is 9.20 Å². The van der Waals surface area contributed by atoms with Gasteiger partial charge in [-0.25, -0.2) is 14.4 Å². The summed E-state index contributed by atoms with van der Waals surface area (Å²) in [5.74, 6) is -6.43. The Kier molecular flexibility index (Phi) is 5.19. The maximum atomic E-state index is 15.2. The molecule has 0 spiro atoms. The summed E-state index contributed by atoms with van der Waals surface area (Å²) in [7, 11) is 0. The number of alkyl halides is 5. The molecule has 1 amide bonds. The minimum absolute atomic E-state index is 0.0228. The third kappa shape index (κ3) is 3.51. The monoisotopic (exact) mass is 535 g/mol. The fraction of sp³-hybridized carbons (Fsp3) is 0.320. The molecule has 6 rings (SSSR count). The highest BCUT2D eigenvalue weighted by Gasteiger charge is 2.59. The van der Waals surface area contributed by atoms with Gasteiger partial charge in [0.2, 0.25) is 0 Å². The van der Waals surface area contributed by atoms with Crippen LogP contribution < -0.4 is 5.73 Å². The highest BCUT2D eigenvalue weighted by molar-refractivity contribution is 5.99. The van der Waals surface area contributed by atoms with E-state index in [1.807, 2.05) is 0 Å². The number of carbonyl (C=O) groups excluding carboxylic acids is 1. The van der Waals surface area contributed by atoms with Gasteiger partial charge in [0.25, 0.3) is 5.91 Å². The molecular formula is C25H19F6N5O2. The minimum Gasteiger partial charge on any atom is -0.382 e. The molecule has 13 heteroatoms. The lowest BCUT2D eigenvalue weighted by Gasteiger charge is -2.41. The van der Waals surface area contributed by atoms with Crippen LogP contribution in [0.2, 0.25) is 0 Å². The summed E-state index contributed by atoms with van der Waals surface area (Å²) in [5, 5.41) is 0. The number of anilines is 1. The molecule has 1 fully saturated rings. The van der Waals surface area contributed by atoms with E-state index in [9.17, 15) is 26.7 Å². The number of hydrogen-bond acceptors (Lipinski definition) is 5. The number of aromatic nitrogens is 3. The topological polar surface area (TPSA) is 85.8 Å². The van der Waals surface area contributed by atoms with Gasteiger partial charge >= 0.3 is 12.1 Å². The molecule has 4 aromatic rings. The maximum absolute atomic E-state index is 15.2. The Morgan fingerprint density at radius 1 is 1.13 bits per heavy atom. The summed E-state index contributed by atoms with van der Waals surface area (Å²) < 4.78 is 89.6. The second-order valence-corrected chi connectivity index (χ2v) is 9.54. The van der Waals surface area contributed by atoms with Gasteiger partial charge in [-0.05, 0) is 30.2 Å². The van der Waals surface area contributed by atoms with E-state index in [0.29, 0.717) is 22.7 Å². The van der Waals surface area contributed by atoms with Crippen LogP contribution >= 0.6 is 0 Å². The third-order valence-corrected chi connectivity index (χ3v) is 7.11. The van der Waals surface area contributed by atoms with E-state index in [1.165, 1.54) is 23.5 Å². The van der Waals surface area contributed by atoms with E-state index < -0.39 is 47.6 Å². The van der Waals surface area contributed by atoms with Gasteiger partial charge in [0.1, 0.15) is 17.2 Å². The number of ether oxygens (including phenoxy) is 1. The lowest BCUT2D eigenvalue weighted by molar-refractivity contribution is -0.289. The van der Waals surface area contributed by atoms with Crippen molar-refractivity contribution in [3.63, 3.8) is 0 Å². The number of halogens is 6. The molecule has 0 unspecified atom stereocenters. The van der Waals surface area contributed by atoms with Crippen LogP contribution in [0.5, 0.6) is 0 Å². The van der Waals surface area contributed by atoms with Crippen LogP contribution in [0.3, 0.4) is 0 Å². The maximum Gasteiger partial charge on any atom is 0.458 e. The number of rotatable bonds is 2. The standard InChI is InChI=1S/C25H19F6N5O2/c1-11-9-35(21-14-3-2-13(24(27,28)25(29,30)31)4-12(14)5-20(21)38-11)23(37)15-6-18-17(7-16(15)26)34-22(32)19-8-33-10-36(18)19/h2-4,6-8,10-11,20-21H,5,9H2,1H3,(H2,32,34)/t11-,20+,21-/m0/s1. The number of carbonyl (C=O) groups is 1. The smallest absolute Gasteiger partial charge is 0.382 e. The first-order valence-corrected chi connectivity index (χ1v) is 11.6. The normalized spacial score (nSPS) is 21.7. The number of morpholine rings is 1. The van der Waals surface area contributed by atoms with E-state index in [-0.39, 0.29) is 35.4 Å². The summed E-state index contributed by atoms with van der Waals surface area (Å²) in [6.45, 7) is 1.75. The Bertz CT molecular complexity index is 1620. The van der Waals surface area contributed by atoms with Crippen molar-refractivity contribution < 1.29 is 35.9 Å². The Morgan fingerprint density at radius 3 is 2.63 bits per heavy atom. The number of fused-ring (bicyclic) bond motifs is 6. The Hall–Kier alpha value is -3.87. The lowest BCUT2D eigenvalue weighted by Crippen LogP contribution is -2.50. The van der Waals surface area contributed by atoms with E-state index in [0.717, 1.165) is 18.2 Å². The molecule has 0 radical (unpaired) electrons. The summed E-state index contributed by atoms with van der Waals surface area (Å²) in [6, 6.07) is 4.31. The van der Waals surface area contributed by atoms with Crippen molar-refractivity contribution in [3.05, 3.63) is 70.9 Å². The van der Waals surface area contributed by atoms with Gasteiger partial charge in [0, 0.05) is 24.6 Å². The SMILES string of the molecule is C[C@H]1CN(C(=O)c2cc3c(cc2F)nc(N)c2cncn23)[C@H]2c3ccc(C(F)(F)C(F)(F)F)cc3C[C@H]2O1. The molecule has 2 aromatic carbocycles. The number of benzene rings is 2. The van der Waals surface area contributed by atoms with Crippen molar-refractivity contribution in [1.82, 2.24) is 19.3 Å². The zero-order valence-electron chi connectivity index (χ0n) is 19.6. The molecule has 3 atom stereocenters. The van der Waals surface area contributed by atoms with Crippen molar-refractivity contribution in [3.8, 4) is 0 Å². The Balaban J connectivity index is 1.42. The quantitative estimate of drug-likeness (QED) is 0.374. The molecule has 2 aromatic heterocycles. The molecule has 3 heterocycles. The summed E-state index contributed by atoms with van der Waals surface area (Å²) in [6.07, 6.45) is -3.99. The van der Waals surface area contributed by atoms with Gasteiger partial charge in [-0.2, -0.15) is 22.0 Å². The average molecular weight is 535 g/mol. The second kappa shape index (κ2) is 8.06. The number of nitrogen functional groups attached to an aromatic ring is 1. The van der Waals surface area contributed by atoms with Gasteiger partial charge < -0.3 is 15.4 Å². The molecule has 198 valence electrons. The molecular weight excluding hydrogens is 516 g/mol. The van der Waals surface area contributed by atoms with Crippen molar-refractivity contribution in [2.24, 2.45) is 0 Å². The van der Waals surface area contributed by atoms with E-state index >= 15 is 4.39 Å². The predicted octanol–water partition coefficient (Wildman–Crippen LogP) is 4.78. The second-order valence-electron chi connectivity index (χ2n) is 9.54. The Morgan fingerprint density at radius 2 is 1.89 bits per heavy atom. The summed E-state index contributed by atoms with van der Waals surface area (Å²) >= 11 is 0. The van der Waals surface area contributed by atoms with Crippen molar-refractivity contribution in [2.45, 2.75) is 43.7 Å². The van der Waals surface area contributed by atoms with Gasteiger partial charge in [0.05, 0.1) is 47.4 Å². The lowest BCUT2D eigenvalue weighted by atomic mass is 9.98. The van der Waals surface area contributed by atoms with Crippen LogP contribution in [0.4, 0.5) is 32.2 Å². The van der Waals surface area contributed by atoms with Crippen molar-refractivity contribution >= 4 is 28.3 Å². The first-order chi connectivity index (χ1) is 17.9. The van der Waals surface area contributed by atoms with E-state index in [1.54, 1.807) is 11.3 Å². The molecule has 1 aliphatic heterocycles. The van der Waals surface area contributed by atoms with Crippen molar-refractivity contribution in [2.75, 3.05) is 12.3 Å².